The summed E-state index contributed by atoms with van der Waals surface area (Å²) in [4.78, 5) is 11.8. The Bertz CT molecular complexity index is 490. The molecule has 0 heterocycles. The fraction of sp³-hybridized carbons (Fsp3) is 0.588. The van der Waals surface area contributed by atoms with E-state index in [1.54, 1.807) is 14.2 Å². The molecule has 7 nitrogen and oxygen atoms in total. The molecule has 1 rings (SSSR count). The summed E-state index contributed by atoms with van der Waals surface area (Å²) in [7, 11) is 3.20. The molecule has 0 aliphatic carbocycles. The Balaban J connectivity index is 2.34. The highest BCUT2D eigenvalue weighted by molar-refractivity contribution is 5.73. The quantitative estimate of drug-likeness (QED) is 0.602. The van der Waals surface area contributed by atoms with E-state index >= 15 is 0 Å². The highest BCUT2D eigenvalue weighted by atomic mass is 16.7. The summed E-state index contributed by atoms with van der Waals surface area (Å²) in [5, 5.41) is 5.54. The summed E-state index contributed by atoms with van der Waals surface area (Å²) in [6.45, 7) is 5.66. The molecule has 2 amide bonds. The van der Waals surface area contributed by atoms with Gasteiger partial charge in [-0.15, -0.1) is 0 Å². The fourth-order valence-corrected chi connectivity index (χ4v) is 2.13. The number of carbonyl (C=O) groups excluding carboxylic acids is 1. The van der Waals surface area contributed by atoms with Gasteiger partial charge in [0.25, 0.3) is 0 Å². The molecule has 0 spiro atoms. The number of methoxy groups -OCH3 is 2. The van der Waals surface area contributed by atoms with E-state index in [-0.39, 0.29) is 6.03 Å². The molecule has 0 unspecified atom stereocenters. The Labute approximate surface area is 143 Å². The third-order valence-electron chi connectivity index (χ3n) is 3.28. The number of ether oxygens (including phenoxy) is 4. The maximum absolute atomic E-state index is 11.8. The lowest BCUT2D eigenvalue weighted by atomic mass is 10.1. The normalized spacial score (nSPS) is 10.5. The number of nitrogens with one attached hydrogen (secondary N) is 2. The Morgan fingerprint density at radius 3 is 2.29 bits per heavy atom. The Morgan fingerprint density at radius 2 is 1.71 bits per heavy atom. The second-order valence-corrected chi connectivity index (χ2v) is 4.92. The first-order valence-electron chi connectivity index (χ1n) is 8.10. The van der Waals surface area contributed by atoms with Crippen LogP contribution in [0.3, 0.4) is 0 Å². The lowest BCUT2D eigenvalue weighted by molar-refractivity contribution is -0.131. The zero-order chi connectivity index (χ0) is 17.8. The van der Waals surface area contributed by atoms with Crippen molar-refractivity contribution >= 4 is 6.03 Å². The molecule has 1 aromatic carbocycles. The largest absolute Gasteiger partial charge is 0.493 e. The molecule has 2 N–H and O–H groups in total. The molecule has 0 aromatic heterocycles. The van der Waals surface area contributed by atoms with Crippen LogP contribution in [0.1, 0.15) is 19.4 Å². The maximum Gasteiger partial charge on any atom is 0.314 e. The van der Waals surface area contributed by atoms with Gasteiger partial charge in [-0.05, 0) is 38.0 Å². The Hall–Kier alpha value is -1.99. The Kier molecular flexibility index (Phi) is 9.64. The third kappa shape index (κ3) is 7.06. The topological polar surface area (TPSA) is 78.1 Å². The van der Waals surface area contributed by atoms with Crippen molar-refractivity contribution < 1.29 is 23.7 Å². The number of amides is 2. The first-order valence-corrected chi connectivity index (χ1v) is 8.10. The van der Waals surface area contributed by atoms with E-state index in [1.165, 1.54) is 0 Å². The number of hydrogen-bond acceptors (Lipinski definition) is 5. The minimum Gasteiger partial charge on any atom is -0.493 e. The van der Waals surface area contributed by atoms with Crippen LogP contribution in [0.2, 0.25) is 0 Å². The van der Waals surface area contributed by atoms with Crippen LogP contribution in [0.25, 0.3) is 0 Å². The number of urea groups is 1. The molecule has 0 aliphatic rings. The van der Waals surface area contributed by atoms with Gasteiger partial charge in [0.15, 0.2) is 17.8 Å². The molecule has 0 saturated heterocycles. The van der Waals surface area contributed by atoms with E-state index in [0.717, 1.165) is 5.56 Å². The van der Waals surface area contributed by atoms with Crippen LogP contribution in [-0.2, 0) is 15.9 Å². The van der Waals surface area contributed by atoms with E-state index < -0.39 is 6.29 Å². The summed E-state index contributed by atoms with van der Waals surface area (Å²) in [5.74, 6) is 1.36. The van der Waals surface area contributed by atoms with Crippen molar-refractivity contribution in [3.63, 3.8) is 0 Å². The zero-order valence-electron chi connectivity index (χ0n) is 14.9. The molecule has 7 heteroatoms. The molecule has 1 aromatic rings. The molecule has 0 radical (unpaired) electrons. The van der Waals surface area contributed by atoms with Gasteiger partial charge in [0.2, 0.25) is 0 Å². The first-order chi connectivity index (χ1) is 11.6. The number of hydrogen-bond donors (Lipinski definition) is 2. The molecule has 0 fully saturated rings. The molecule has 0 saturated carbocycles. The second-order valence-electron chi connectivity index (χ2n) is 4.92. The highest BCUT2D eigenvalue weighted by Crippen LogP contribution is 2.27. The molecule has 136 valence electrons. The van der Waals surface area contributed by atoms with Gasteiger partial charge in [0.1, 0.15) is 0 Å². The van der Waals surface area contributed by atoms with Crippen LogP contribution >= 0.6 is 0 Å². The standard InChI is InChI=1S/C17H28N2O5/c1-5-23-16(24-6-2)12-19-17(20)18-10-9-13-7-8-14(21-3)15(11-13)22-4/h7-8,11,16H,5-6,9-10,12H2,1-4H3,(H2,18,19,20). The van der Waals surface area contributed by atoms with Gasteiger partial charge in [-0.1, -0.05) is 6.07 Å². The van der Waals surface area contributed by atoms with Crippen LogP contribution in [0.4, 0.5) is 4.79 Å². The lowest BCUT2D eigenvalue weighted by Gasteiger charge is -2.17. The molecular formula is C17H28N2O5. The molecule has 0 bridgehead atoms. The van der Waals surface area contributed by atoms with Crippen molar-refractivity contribution in [2.24, 2.45) is 0 Å². The van der Waals surface area contributed by atoms with Crippen LogP contribution in [0.15, 0.2) is 18.2 Å². The summed E-state index contributed by atoms with van der Waals surface area (Å²) in [5.41, 5.74) is 1.05. The average Bonchev–Trinajstić information content (AvgIpc) is 2.60. The third-order valence-corrected chi connectivity index (χ3v) is 3.28. The summed E-state index contributed by atoms with van der Waals surface area (Å²) < 4.78 is 21.2. The van der Waals surface area contributed by atoms with Gasteiger partial charge in [-0.2, -0.15) is 0 Å². The maximum atomic E-state index is 11.8. The minimum absolute atomic E-state index is 0.250. The van der Waals surface area contributed by atoms with E-state index in [0.29, 0.717) is 44.2 Å². The smallest absolute Gasteiger partial charge is 0.314 e. The average molecular weight is 340 g/mol. The van der Waals surface area contributed by atoms with Crippen LogP contribution in [-0.4, -0.2) is 52.8 Å². The number of carbonyl (C=O) groups is 1. The van der Waals surface area contributed by atoms with Gasteiger partial charge < -0.3 is 29.6 Å². The number of rotatable bonds is 11. The van der Waals surface area contributed by atoms with Crippen molar-refractivity contribution in [2.45, 2.75) is 26.6 Å². The predicted molar refractivity (Wildman–Crippen MR) is 91.7 cm³/mol. The molecular weight excluding hydrogens is 312 g/mol. The van der Waals surface area contributed by atoms with Crippen LogP contribution in [0, 0.1) is 0 Å². The predicted octanol–water partition coefficient (Wildman–Crippen LogP) is 1.94. The molecule has 0 aliphatic heterocycles. The minimum atomic E-state index is -0.420. The SMILES string of the molecule is CCOC(CNC(=O)NCCc1ccc(OC)c(OC)c1)OCC. The Morgan fingerprint density at radius 1 is 1.04 bits per heavy atom. The van der Waals surface area contributed by atoms with Crippen molar-refractivity contribution in [3.8, 4) is 11.5 Å². The molecule has 0 atom stereocenters. The highest BCUT2D eigenvalue weighted by Gasteiger charge is 2.10. The fourth-order valence-electron chi connectivity index (χ4n) is 2.13. The van der Waals surface area contributed by atoms with Gasteiger partial charge in [-0.25, -0.2) is 4.79 Å². The zero-order valence-corrected chi connectivity index (χ0v) is 14.9. The lowest BCUT2D eigenvalue weighted by Crippen LogP contribution is -2.42. The van der Waals surface area contributed by atoms with E-state index in [4.69, 9.17) is 18.9 Å². The summed E-state index contributed by atoms with van der Waals surface area (Å²) in [6.07, 6.45) is 0.269. The first kappa shape index (κ1) is 20.1. The van der Waals surface area contributed by atoms with Crippen molar-refractivity contribution in [1.29, 1.82) is 0 Å². The van der Waals surface area contributed by atoms with Gasteiger partial charge in [0, 0.05) is 19.8 Å². The van der Waals surface area contributed by atoms with Gasteiger partial charge in [0.05, 0.1) is 20.8 Å². The second kappa shape index (κ2) is 11.5. The van der Waals surface area contributed by atoms with Gasteiger partial charge >= 0.3 is 6.03 Å². The summed E-state index contributed by atoms with van der Waals surface area (Å²) >= 11 is 0. The molecule has 24 heavy (non-hydrogen) atoms. The summed E-state index contributed by atoms with van der Waals surface area (Å²) in [6, 6.07) is 5.45. The van der Waals surface area contributed by atoms with Crippen LogP contribution < -0.4 is 20.1 Å². The van der Waals surface area contributed by atoms with E-state index in [1.807, 2.05) is 32.0 Å². The van der Waals surface area contributed by atoms with Crippen molar-refractivity contribution in [1.82, 2.24) is 10.6 Å². The van der Waals surface area contributed by atoms with E-state index in [9.17, 15) is 4.79 Å². The monoisotopic (exact) mass is 340 g/mol. The van der Waals surface area contributed by atoms with Crippen molar-refractivity contribution in [3.05, 3.63) is 23.8 Å². The van der Waals surface area contributed by atoms with Crippen molar-refractivity contribution in [2.75, 3.05) is 40.5 Å². The number of benzene rings is 1. The van der Waals surface area contributed by atoms with Crippen LogP contribution in [0.5, 0.6) is 11.5 Å². The van der Waals surface area contributed by atoms with E-state index in [2.05, 4.69) is 10.6 Å². The van der Waals surface area contributed by atoms with Gasteiger partial charge in [-0.3, -0.25) is 0 Å².